The highest BCUT2D eigenvalue weighted by Crippen LogP contribution is 2.37. The van der Waals surface area contributed by atoms with E-state index in [-0.39, 0.29) is 29.5 Å². The molecule has 0 saturated carbocycles. The number of hydrogen-bond donors (Lipinski definition) is 1. The van der Waals surface area contributed by atoms with Gasteiger partial charge in [-0.05, 0) is 36.5 Å². The molecule has 0 aromatic heterocycles. The number of nitrogens with zero attached hydrogens (tertiary/aromatic N) is 2. The third-order valence-electron chi connectivity index (χ3n) is 5.31. The molecule has 2 aromatic carbocycles. The zero-order chi connectivity index (χ0) is 19.7. The van der Waals surface area contributed by atoms with Crippen LogP contribution in [0.5, 0.6) is 0 Å². The van der Waals surface area contributed by atoms with Gasteiger partial charge in [0.05, 0.1) is 11.3 Å². The Labute approximate surface area is 162 Å². The molecule has 2 amide bonds. The van der Waals surface area contributed by atoms with Crippen molar-refractivity contribution in [2.24, 2.45) is 5.92 Å². The van der Waals surface area contributed by atoms with Crippen molar-refractivity contribution >= 4 is 23.1 Å². The van der Waals surface area contributed by atoms with Crippen LogP contribution in [-0.4, -0.2) is 41.5 Å². The zero-order valence-electron chi connectivity index (χ0n) is 15.3. The zero-order valence-corrected chi connectivity index (χ0v) is 15.3. The van der Waals surface area contributed by atoms with Crippen LogP contribution in [0.1, 0.15) is 18.4 Å². The van der Waals surface area contributed by atoms with Gasteiger partial charge < -0.3 is 10.0 Å². The number of carbonyl (C=O) groups excluding carboxylic acids is 2. The number of carbonyl (C=O) groups is 2. The first kappa shape index (κ1) is 18.4. The summed E-state index contributed by atoms with van der Waals surface area (Å²) in [7, 11) is 0. The summed E-state index contributed by atoms with van der Waals surface area (Å²) in [4.78, 5) is 29.4. The molecule has 1 fully saturated rings. The summed E-state index contributed by atoms with van der Waals surface area (Å²) in [6.45, 7) is 1.14. The van der Waals surface area contributed by atoms with E-state index in [1.165, 1.54) is 18.2 Å². The maximum Gasteiger partial charge on any atom is 0.282 e. The maximum atomic E-state index is 14.4. The molecule has 2 aliphatic heterocycles. The van der Waals surface area contributed by atoms with Crippen molar-refractivity contribution in [3.05, 3.63) is 71.7 Å². The Morgan fingerprint density at radius 3 is 2.43 bits per heavy atom. The second-order valence-electron chi connectivity index (χ2n) is 7.12. The van der Waals surface area contributed by atoms with Crippen molar-refractivity contribution in [3.63, 3.8) is 0 Å². The SMILES string of the molecule is O=C1C(c2ccccc2)=C(N2CCCC(CO)C2)C(=O)N1c1ccccc1F. The first-order valence-corrected chi connectivity index (χ1v) is 9.40. The topological polar surface area (TPSA) is 60.9 Å². The highest BCUT2D eigenvalue weighted by Gasteiger charge is 2.44. The molecule has 1 atom stereocenters. The van der Waals surface area contributed by atoms with Crippen LogP contribution in [0.3, 0.4) is 0 Å². The van der Waals surface area contributed by atoms with Crippen LogP contribution < -0.4 is 4.90 Å². The van der Waals surface area contributed by atoms with Gasteiger partial charge in [-0.3, -0.25) is 9.59 Å². The van der Waals surface area contributed by atoms with Crippen LogP contribution in [0.25, 0.3) is 5.57 Å². The lowest BCUT2D eigenvalue weighted by atomic mass is 9.97. The van der Waals surface area contributed by atoms with Gasteiger partial charge in [0.2, 0.25) is 0 Å². The van der Waals surface area contributed by atoms with Crippen molar-refractivity contribution in [1.29, 1.82) is 0 Å². The van der Waals surface area contributed by atoms with Crippen LogP contribution in [0.15, 0.2) is 60.3 Å². The molecule has 28 heavy (non-hydrogen) atoms. The van der Waals surface area contributed by atoms with E-state index in [0.717, 1.165) is 17.7 Å². The molecule has 144 valence electrons. The van der Waals surface area contributed by atoms with E-state index in [2.05, 4.69) is 0 Å². The number of aliphatic hydroxyl groups is 1. The molecule has 1 unspecified atom stereocenters. The number of benzene rings is 2. The number of amides is 2. The molecule has 0 aliphatic carbocycles. The number of para-hydroxylation sites is 1. The fourth-order valence-electron chi connectivity index (χ4n) is 3.95. The lowest BCUT2D eigenvalue weighted by Crippen LogP contribution is -2.40. The van der Waals surface area contributed by atoms with Crippen LogP contribution in [0.2, 0.25) is 0 Å². The second kappa shape index (κ2) is 7.56. The molecule has 5 nitrogen and oxygen atoms in total. The molecular weight excluding hydrogens is 359 g/mol. The molecule has 2 aromatic rings. The van der Waals surface area contributed by atoms with Gasteiger partial charge in [0, 0.05) is 19.7 Å². The summed E-state index contributed by atoms with van der Waals surface area (Å²) < 4.78 is 14.4. The monoisotopic (exact) mass is 380 g/mol. The van der Waals surface area contributed by atoms with Gasteiger partial charge in [-0.25, -0.2) is 9.29 Å². The van der Waals surface area contributed by atoms with E-state index in [4.69, 9.17) is 0 Å². The number of aliphatic hydroxyl groups excluding tert-OH is 1. The number of hydrogen-bond acceptors (Lipinski definition) is 4. The molecule has 0 radical (unpaired) electrons. The molecule has 4 rings (SSSR count). The summed E-state index contributed by atoms with van der Waals surface area (Å²) in [5, 5.41) is 9.56. The molecule has 6 heteroatoms. The number of anilines is 1. The molecule has 2 aliphatic rings. The van der Waals surface area contributed by atoms with E-state index in [1.54, 1.807) is 30.3 Å². The molecule has 2 heterocycles. The largest absolute Gasteiger partial charge is 0.396 e. The number of likely N-dealkylation sites (tertiary alicyclic amines) is 1. The molecule has 1 N–H and O–H groups in total. The molecule has 0 bridgehead atoms. The number of halogens is 1. The number of rotatable bonds is 4. The van der Waals surface area contributed by atoms with Crippen molar-refractivity contribution in [2.75, 3.05) is 24.6 Å². The summed E-state index contributed by atoms with van der Waals surface area (Å²) in [5.74, 6) is -1.62. The summed E-state index contributed by atoms with van der Waals surface area (Å²) in [6.07, 6.45) is 1.69. The maximum absolute atomic E-state index is 14.4. The van der Waals surface area contributed by atoms with Gasteiger partial charge in [-0.15, -0.1) is 0 Å². The van der Waals surface area contributed by atoms with E-state index >= 15 is 0 Å². The van der Waals surface area contributed by atoms with Crippen molar-refractivity contribution in [1.82, 2.24) is 4.90 Å². The molecule has 0 spiro atoms. The van der Waals surface area contributed by atoms with Crippen LogP contribution in [0.4, 0.5) is 10.1 Å². The fourth-order valence-corrected chi connectivity index (χ4v) is 3.95. The van der Waals surface area contributed by atoms with Gasteiger partial charge in [-0.2, -0.15) is 0 Å². The van der Waals surface area contributed by atoms with E-state index in [0.29, 0.717) is 18.7 Å². The van der Waals surface area contributed by atoms with E-state index in [1.807, 2.05) is 11.0 Å². The standard InChI is InChI=1S/C22H21FN2O3/c23-17-10-4-5-11-18(17)25-21(27)19(16-8-2-1-3-9-16)20(22(25)28)24-12-6-7-15(13-24)14-26/h1-5,8-11,15,26H,6-7,12-14H2. The first-order chi connectivity index (χ1) is 13.6. The third kappa shape index (κ3) is 3.10. The summed E-state index contributed by atoms with van der Waals surface area (Å²) >= 11 is 0. The normalized spacial score (nSPS) is 20.3. The summed E-state index contributed by atoms with van der Waals surface area (Å²) in [6, 6.07) is 14.8. The lowest BCUT2D eigenvalue weighted by molar-refractivity contribution is -0.121. The minimum absolute atomic E-state index is 0.0314. The predicted octanol–water partition coefficient (Wildman–Crippen LogP) is 2.81. The predicted molar refractivity (Wildman–Crippen MR) is 104 cm³/mol. The lowest BCUT2D eigenvalue weighted by Gasteiger charge is -2.34. The average Bonchev–Trinajstić information content (AvgIpc) is 2.99. The van der Waals surface area contributed by atoms with Crippen molar-refractivity contribution < 1.29 is 19.1 Å². The Hall–Kier alpha value is -2.99. The van der Waals surface area contributed by atoms with Crippen molar-refractivity contribution in [2.45, 2.75) is 12.8 Å². The third-order valence-corrected chi connectivity index (χ3v) is 5.31. The van der Waals surface area contributed by atoms with E-state index < -0.39 is 17.6 Å². The quantitative estimate of drug-likeness (QED) is 0.829. The van der Waals surface area contributed by atoms with E-state index in [9.17, 15) is 19.1 Å². The highest BCUT2D eigenvalue weighted by atomic mass is 19.1. The smallest absolute Gasteiger partial charge is 0.282 e. The van der Waals surface area contributed by atoms with Crippen LogP contribution in [-0.2, 0) is 9.59 Å². The van der Waals surface area contributed by atoms with Crippen molar-refractivity contribution in [3.8, 4) is 0 Å². The average molecular weight is 380 g/mol. The Morgan fingerprint density at radius 2 is 1.71 bits per heavy atom. The van der Waals surface area contributed by atoms with Gasteiger partial charge in [-0.1, -0.05) is 42.5 Å². The Kier molecular flexibility index (Phi) is 4.96. The van der Waals surface area contributed by atoms with Gasteiger partial charge >= 0.3 is 0 Å². The van der Waals surface area contributed by atoms with Gasteiger partial charge in [0.25, 0.3) is 11.8 Å². The summed E-state index contributed by atoms with van der Waals surface area (Å²) in [5.41, 5.74) is 1.16. The van der Waals surface area contributed by atoms with Crippen LogP contribution in [0, 0.1) is 11.7 Å². The van der Waals surface area contributed by atoms with Gasteiger partial charge in [0.15, 0.2) is 0 Å². The van der Waals surface area contributed by atoms with Crippen LogP contribution >= 0.6 is 0 Å². The Bertz CT molecular complexity index is 942. The first-order valence-electron chi connectivity index (χ1n) is 9.40. The highest BCUT2D eigenvalue weighted by molar-refractivity contribution is 6.45. The minimum atomic E-state index is -0.621. The number of piperidine rings is 1. The molecule has 1 saturated heterocycles. The minimum Gasteiger partial charge on any atom is -0.396 e. The Morgan fingerprint density at radius 1 is 1.00 bits per heavy atom. The molecular formula is C22H21FN2O3. The Balaban J connectivity index is 1.82. The fraction of sp³-hybridized carbons (Fsp3) is 0.273. The number of imide groups is 1. The second-order valence-corrected chi connectivity index (χ2v) is 7.12. The van der Waals surface area contributed by atoms with Gasteiger partial charge in [0.1, 0.15) is 11.5 Å².